The van der Waals surface area contributed by atoms with Gasteiger partial charge in [-0.25, -0.2) is 4.98 Å². The molecule has 1 aromatic heterocycles. The molecule has 0 aliphatic carbocycles. The molecule has 0 aliphatic rings. The SMILES string of the molecule is CN(C)c1nc(CSC[C@@H](O)C(F)(F)F)ns1. The molecule has 4 nitrogen and oxygen atoms in total. The summed E-state index contributed by atoms with van der Waals surface area (Å²) in [5, 5.41) is 9.47. The number of aromatic nitrogens is 2. The Morgan fingerprint density at radius 2 is 2.12 bits per heavy atom. The van der Waals surface area contributed by atoms with E-state index in [4.69, 9.17) is 5.11 Å². The molecule has 0 spiro atoms. The molecular weight excluding hydrogens is 275 g/mol. The van der Waals surface area contributed by atoms with Crippen LogP contribution in [-0.2, 0) is 5.75 Å². The molecule has 1 N–H and O–H groups in total. The maximum Gasteiger partial charge on any atom is 0.415 e. The molecule has 0 saturated heterocycles. The highest BCUT2D eigenvalue weighted by Gasteiger charge is 2.37. The van der Waals surface area contributed by atoms with E-state index in [1.807, 2.05) is 14.1 Å². The standard InChI is InChI=1S/C8H12F3N3OS2/c1-14(2)7-12-6(13-17-7)4-16-3-5(15)8(9,10)11/h5,15H,3-4H2,1-2H3/t5-/m1/s1. The van der Waals surface area contributed by atoms with Crippen LogP contribution in [-0.4, -0.2) is 46.6 Å². The van der Waals surface area contributed by atoms with E-state index in [0.29, 0.717) is 11.0 Å². The molecule has 0 radical (unpaired) electrons. The Balaban J connectivity index is 2.36. The minimum Gasteiger partial charge on any atom is -0.383 e. The van der Waals surface area contributed by atoms with Crippen molar-refractivity contribution < 1.29 is 18.3 Å². The molecule has 0 unspecified atom stereocenters. The first kappa shape index (κ1) is 14.5. The summed E-state index contributed by atoms with van der Waals surface area (Å²) in [4.78, 5) is 5.89. The topological polar surface area (TPSA) is 49.2 Å². The third-order valence-corrected chi connectivity index (χ3v) is 3.66. The fraction of sp³-hybridized carbons (Fsp3) is 0.750. The number of hydrogen-bond acceptors (Lipinski definition) is 6. The largest absolute Gasteiger partial charge is 0.415 e. The lowest BCUT2D eigenvalue weighted by Crippen LogP contribution is -2.30. The second-order valence-corrected chi connectivity index (χ2v) is 5.22. The van der Waals surface area contributed by atoms with Gasteiger partial charge in [0.25, 0.3) is 0 Å². The average Bonchev–Trinajstić information content (AvgIpc) is 2.64. The van der Waals surface area contributed by atoms with Gasteiger partial charge in [-0.15, -0.1) is 0 Å². The highest BCUT2D eigenvalue weighted by molar-refractivity contribution is 7.98. The van der Waals surface area contributed by atoms with E-state index in [9.17, 15) is 13.2 Å². The number of thioether (sulfide) groups is 1. The number of alkyl halides is 3. The number of aliphatic hydroxyl groups excluding tert-OH is 1. The van der Waals surface area contributed by atoms with Crippen LogP contribution in [0.2, 0.25) is 0 Å². The second kappa shape index (κ2) is 5.87. The van der Waals surface area contributed by atoms with Gasteiger partial charge in [0.2, 0.25) is 5.13 Å². The molecule has 0 saturated carbocycles. The lowest BCUT2D eigenvalue weighted by atomic mass is 10.4. The molecule has 98 valence electrons. The molecule has 1 aromatic rings. The summed E-state index contributed by atoms with van der Waals surface area (Å²) in [5.74, 6) is 0.343. The summed E-state index contributed by atoms with van der Waals surface area (Å²) >= 11 is 2.15. The number of rotatable bonds is 5. The van der Waals surface area contributed by atoms with Crippen LogP contribution < -0.4 is 4.90 Å². The molecule has 0 bridgehead atoms. The maximum absolute atomic E-state index is 12.0. The Hall–Kier alpha value is -0.540. The smallest absolute Gasteiger partial charge is 0.383 e. The summed E-state index contributed by atoms with van der Waals surface area (Å²) in [7, 11) is 3.62. The van der Waals surface area contributed by atoms with E-state index >= 15 is 0 Å². The van der Waals surface area contributed by atoms with Gasteiger partial charge in [-0.2, -0.15) is 29.3 Å². The van der Waals surface area contributed by atoms with Crippen LogP contribution in [0.3, 0.4) is 0 Å². The summed E-state index contributed by atoms with van der Waals surface area (Å²) in [6.45, 7) is 0. The van der Waals surface area contributed by atoms with Gasteiger partial charge in [0.15, 0.2) is 11.9 Å². The Morgan fingerprint density at radius 3 is 2.59 bits per heavy atom. The molecule has 0 fully saturated rings. The van der Waals surface area contributed by atoms with Crippen molar-refractivity contribution in [2.75, 3.05) is 24.7 Å². The van der Waals surface area contributed by atoms with Crippen LogP contribution >= 0.6 is 23.3 Å². The number of nitrogens with zero attached hydrogens (tertiary/aromatic N) is 3. The molecule has 1 heterocycles. The van der Waals surface area contributed by atoms with Gasteiger partial charge in [-0.05, 0) is 0 Å². The van der Waals surface area contributed by atoms with Crippen LogP contribution in [0.25, 0.3) is 0 Å². The Kier molecular flexibility index (Phi) is 5.02. The maximum atomic E-state index is 12.0. The molecule has 17 heavy (non-hydrogen) atoms. The quantitative estimate of drug-likeness (QED) is 0.894. The van der Waals surface area contributed by atoms with Crippen LogP contribution in [0.1, 0.15) is 5.82 Å². The van der Waals surface area contributed by atoms with Gasteiger partial charge < -0.3 is 10.0 Å². The fourth-order valence-electron chi connectivity index (χ4n) is 0.841. The van der Waals surface area contributed by atoms with Crippen molar-refractivity contribution in [3.05, 3.63) is 5.82 Å². The number of aliphatic hydroxyl groups is 1. The summed E-state index contributed by atoms with van der Waals surface area (Å²) in [6, 6.07) is 0. The number of halogens is 3. The number of hydrogen-bond donors (Lipinski definition) is 1. The predicted molar refractivity (Wildman–Crippen MR) is 62.5 cm³/mol. The molecule has 0 aromatic carbocycles. The van der Waals surface area contributed by atoms with Crippen molar-refractivity contribution in [3.63, 3.8) is 0 Å². The fourth-order valence-corrected chi connectivity index (χ4v) is 2.37. The van der Waals surface area contributed by atoms with Crippen molar-refractivity contribution in [2.24, 2.45) is 0 Å². The summed E-state index contributed by atoms with van der Waals surface area (Å²) < 4.78 is 40.0. The zero-order chi connectivity index (χ0) is 13.1. The Morgan fingerprint density at radius 1 is 1.47 bits per heavy atom. The third kappa shape index (κ3) is 4.68. The molecule has 0 amide bonds. The minimum atomic E-state index is -4.56. The van der Waals surface area contributed by atoms with E-state index in [1.54, 1.807) is 4.90 Å². The second-order valence-electron chi connectivity index (χ2n) is 3.46. The minimum absolute atomic E-state index is 0.261. The van der Waals surface area contributed by atoms with E-state index in [-0.39, 0.29) is 5.75 Å². The van der Waals surface area contributed by atoms with Crippen molar-refractivity contribution >= 4 is 28.4 Å². The van der Waals surface area contributed by atoms with Crippen molar-refractivity contribution in [1.82, 2.24) is 9.36 Å². The van der Waals surface area contributed by atoms with Crippen LogP contribution in [0.4, 0.5) is 18.3 Å². The Labute approximate surface area is 105 Å². The van der Waals surface area contributed by atoms with E-state index in [1.165, 1.54) is 11.5 Å². The number of anilines is 1. The first-order valence-electron chi connectivity index (χ1n) is 4.63. The Bertz CT molecular complexity index is 356. The van der Waals surface area contributed by atoms with E-state index in [2.05, 4.69) is 9.36 Å². The molecule has 0 aliphatic heterocycles. The molecule has 1 rings (SSSR count). The van der Waals surface area contributed by atoms with Crippen molar-refractivity contribution in [1.29, 1.82) is 0 Å². The highest BCUT2D eigenvalue weighted by atomic mass is 32.2. The monoisotopic (exact) mass is 287 g/mol. The van der Waals surface area contributed by atoms with Crippen LogP contribution in [0.5, 0.6) is 0 Å². The van der Waals surface area contributed by atoms with Gasteiger partial charge in [0.1, 0.15) is 0 Å². The third-order valence-electron chi connectivity index (χ3n) is 1.72. The first-order valence-corrected chi connectivity index (χ1v) is 6.56. The van der Waals surface area contributed by atoms with E-state index in [0.717, 1.165) is 11.8 Å². The lowest BCUT2D eigenvalue weighted by molar-refractivity contribution is -0.195. The van der Waals surface area contributed by atoms with Gasteiger partial charge in [-0.1, -0.05) is 0 Å². The van der Waals surface area contributed by atoms with Gasteiger partial charge in [0, 0.05) is 31.4 Å². The van der Waals surface area contributed by atoms with Crippen molar-refractivity contribution in [3.8, 4) is 0 Å². The van der Waals surface area contributed by atoms with Gasteiger partial charge in [-0.3, -0.25) is 0 Å². The summed E-state index contributed by atoms with van der Waals surface area (Å²) in [5.41, 5.74) is 0. The van der Waals surface area contributed by atoms with Gasteiger partial charge >= 0.3 is 6.18 Å². The molecule has 9 heteroatoms. The zero-order valence-corrected chi connectivity index (χ0v) is 10.9. The zero-order valence-electron chi connectivity index (χ0n) is 9.23. The highest BCUT2D eigenvalue weighted by Crippen LogP contribution is 2.24. The average molecular weight is 287 g/mol. The molecule has 1 atom stereocenters. The molecular formula is C8H12F3N3OS2. The normalized spacial score (nSPS) is 13.8. The van der Waals surface area contributed by atoms with Crippen molar-refractivity contribution in [2.45, 2.75) is 18.0 Å². The van der Waals surface area contributed by atoms with Gasteiger partial charge in [0.05, 0.1) is 5.75 Å². The van der Waals surface area contributed by atoms with Crippen LogP contribution in [0.15, 0.2) is 0 Å². The van der Waals surface area contributed by atoms with E-state index < -0.39 is 18.0 Å². The lowest BCUT2D eigenvalue weighted by Gasteiger charge is -2.13. The predicted octanol–water partition coefficient (Wildman–Crippen LogP) is 1.76. The summed E-state index contributed by atoms with van der Waals surface area (Å²) in [6.07, 6.45) is -6.85. The van der Waals surface area contributed by atoms with Crippen LogP contribution in [0, 0.1) is 0 Å². The first-order chi connectivity index (χ1) is 7.80.